The number of amides is 2. The molecule has 1 heterocycles. The zero-order valence-electron chi connectivity index (χ0n) is 16.0. The summed E-state index contributed by atoms with van der Waals surface area (Å²) in [6, 6.07) is 8.82. The Hall–Kier alpha value is -2.18. The molecule has 150 valence electrons. The van der Waals surface area contributed by atoms with E-state index in [1.54, 1.807) is 24.1 Å². The van der Waals surface area contributed by atoms with Gasteiger partial charge in [0.25, 0.3) is 0 Å². The molecule has 0 aromatic heterocycles. The number of urea groups is 1. The summed E-state index contributed by atoms with van der Waals surface area (Å²) < 4.78 is 26.9. The zero-order chi connectivity index (χ0) is 20.3. The van der Waals surface area contributed by atoms with E-state index in [0.717, 1.165) is 29.7 Å². The Balaban J connectivity index is 1.82. The second-order valence-corrected chi connectivity index (χ2v) is 7.56. The SMILES string of the molecule is Cc1cc(F)ccc1[C@H]1CNCCCN1C(=O)N(C)Cc1ccc(F)c(Cl)c1. The Bertz CT molecular complexity index is 862. The van der Waals surface area contributed by atoms with Crippen molar-refractivity contribution in [3.63, 3.8) is 0 Å². The van der Waals surface area contributed by atoms with Crippen molar-refractivity contribution in [1.82, 2.24) is 15.1 Å². The molecule has 1 saturated heterocycles. The molecular formula is C21H24ClF2N3O. The van der Waals surface area contributed by atoms with Gasteiger partial charge in [0.1, 0.15) is 11.6 Å². The van der Waals surface area contributed by atoms with Crippen molar-refractivity contribution in [2.75, 3.05) is 26.7 Å². The molecule has 2 aromatic rings. The van der Waals surface area contributed by atoms with E-state index in [1.165, 1.54) is 24.3 Å². The average molecular weight is 408 g/mol. The van der Waals surface area contributed by atoms with Crippen molar-refractivity contribution < 1.29 is 13.6 Å². The minimum absolute atomic E-state index is 0.0390. The first kappa shape index (κ1) is 20.6. The molecule has 4 nitrogen and oxygen atoms in total. The van der Waals surface area contributed by atoms with Gasteiger partial charge in [-0.05, 0) is 60.8 Å². The number of nitrogens with one attached hydrogen (secondary N) is 1. The van der Waals surface area contributed by atoms with Crippen LogP contribution < -0.4 is 5.32 Å². The molecule has 0 spiro atoms. The van der Waals surface area contributed by atoms with Gasteiger partial charge in [-0.3, -0.25) is 0 Å². The smallest absolute Gasteiger partial charge is 0.320 e. The van der Waals surface area contributed by atoms with Gasteiger partial charge in [-0.15, -0.1) is 0 Å². The molecule has 2 aromatic carbocycles. The second kappa shape index (κ2) is 8.88. The predicted octanol–water partition coefficient (Wildman–Crippen LogP) is 4.52. The van der Waals surface area contributed by atoms with Crippen molar-refractivity contribution in [1.29, 1.82) is 0 Å². The third-order valence-corrected chi connectivity index (χ3v) is 5.32. The van der Waals surface area contributed by atoms with Crippen LogP contribution >= 0.6 is 11.6 Å². The lowest BCUT2D eigenvalue weighted by molar-refractivity contribution is 0.143. The molecule has 2 amide bonds. The van der Waals surface area contributed by atoms with E-state index in [4.69, 9.17) is 11.6 Å². The molecule has 0 aliphatic carbocycles. The van der Waals surface area contributed by atoms with Gasteiger partial charge in [0.2, 0.25) is 0 Å². The summed E-state index contributed by atoms with van der Waals surface area (Å²) in [7, 11) is 1.71. The Morgan fingerprint density at radius 1 is 1.29 bits per heavy atom. The van der Waals surface area contributed by atoms with Gasteiger partial charge < -0.3 is 15.1 Å². The Labute approximate surface area is 169 Å². The molecule has 0 radical (unpaired) electrons. The zero-order valence-corrected chi connectivity index (χ0v) is 16.8. The minimum Gasteiger partial charge on any atom is -0.323 e. The largest absolute Gasteiger partial charge is 0.323 e. The maximum absolute atomic E-state index is 13.5. The minimum atomic E-state index is -0.482. The number of rotatable bonds is 3. The maximum Gasteiger partial charge on any atom is 0.320 e. The Kier molecular flexibility index (Phi) is 6.52. The molecule has 1 aliphatic heterocycles. The van der Waals surface area contributed by atoms with Crippen molar-refractivity contribution in [3.8, 4) is 0 Å². The summed E-state index contributed by atoms with van der Waals surface area (Å²) in [5, 5.41) is 3.40. The van der Waals surface area contributed by atoms with Crippen molar-refractivity contribution in [2.45, 2.75) is 25.9 Å². The van der Waals surface area contributed by atoms with Gasteiger partial charge in [-0.1, -0.05) is 23.7 Å². The average Bonchev–Trinajstić information content (AvgIpc) is 2.90. The summed E-state index contributed by atoms with van der Waals surface area (Å²) in [5.41, 5.74) is 2.51. The number of halogens is 3. The van der Waals surface area contributed by atoms with Gasteiger partial charge in [-0.25, -0.2) is 13.6 Å². The van der Waals surface area contributed by atoms with E-state index >= 15 is 0 Å². The molecule has 7 heteroatoms. The topological polar surface area (TPSA) is 35.6 Å². The third kappa shape index (κ3) is 4.62. The molecule has 3 rings (SSSR count). The number of aryl methyl sites for hydroxylation is 1. The summed E-state index contributed by atoms with van der Waals surface area (Å²) in [6.45, 7) is 4.20. The number of benzene rings is 2. The number of carbonyl (C=O) groups is 1. The van der Waals surface area contributed by atoms with Crippen LogP contribution in [0.5, 0.6) is 0 Å². The van der Waals surface area contributed by atoms with E-state index in [9.17, 15) is 13.6 Å². The van der Waals surface area contributed by atoms with Gasteiger partial charge >= 0.3 is 6.03 Å². The van der Waals surface area contributed by atoms with Crippen LogP contribution in [0.15, 0.2) is 36.4 Å². The summed E-state index contributed by atoms with van der Waals surface area (Å²) >= 11 is 5.85. The number of hydrogen-bond acceptors (Lipinski definition) is 2. The first-order chi connectivity index (χ1) is 13.4. The first-order valence-electron chi connectivity index (χ1n) is 9.29. The van der Waals surface area contributed by atoms with Crippen LogP contribution in [-0.4, -0.2) is 42.5 Å². The highest BCUT2D eigenvalue weighted by Gasteiger charge is 2.29. The van der Waals surface area contributed by atoms with E-state index in [1.807, 2.05) is 11.8 Å². The molecule has 0 unspecified atom stereocenters. The molecular weight excluding hydrogens is 384 g/mol. The summed E-state index contributed by atoms with van der Waals surface area (Å²) in [4.78, 5) is 16.6. The predicted molar refractivity (Wildman–Crippen MR) is 106 cm³/mol. The van der Waals surface area contributed by atoms with Crippen LogP contribution in [0.1, 0.15) is 29.2 Å². The normalized spacial score (nSPS) is 17.3. The molecule has 0 saturated carbocycles. The van der Waals surface area contributed by atoms with Gasteiger partial charge in [-0.2, -0.15) is 0 Å². The fraction of sp³-hybridized carbons (Fsp3) is 0.381. The van der Waals surface area contributed by atoms with Crippen molar-refractivity contribution >= 4 is 17.6 Å². The molecule has 1 N–H and O–H groups in total. The summed E-state index contributed by atoms with van der Waals surface area (Å²) in [6.07, 6.45) is 0.832. The van der Waals surface area contributed by atoms with Gasteiger partial charge in [0.15, 0.2) is 0 Å². The highest BCUT2D eigenvalue weighted by molar-refractivity contribution is 6.30. The lowest BCUT2D eigenvalue weighted by Gasteiger charge is -2.34. The molecule has 28 heavy (non-hydrogen) atoms. The summed E-state index contributed by atoms with van der Waals surface area (Å²) in [5.74, 6) is -0.768. The lowest BCUT2D eigenvalue weighted by atomic mass is 10.00. The van der Waals surface area contributed by atoms with Crippen molar-refractivity contribution in [2.24, 2.45) is 0 Å². The monoisotopic (exact) mass is 407 g/mol. The fourth-order valence-electron chi connectivity index (χ4n) is 3.60. The highest BCUT2D eigenvalue weighted by Crippen LogP contribution is 2.27. The molecule has 0 bridgehead atoms. The number of nitrogens with zero attached hydrogens (tertiary/aromatic N) is 2. The van der Waals surface area contributed by atoms with Crippen LogP contribution in [0.3, 0.4) is 0 Å². The molecule has 1 atom stereocenters. The number of hydrogen-bond donors (Lipinski definition) is 1. The van der Waals surface area contributed by atoms with Crippen LogP contribution in [0.4, 0.5) is 13.6 Å². The standard InChI is InChI=1S/C21H24ClF2N3O/c1-14-10-16(23)5-6-17(14)20-12-25-8-3-9-27(20)21(28)26(2)13-15-4-7-19(24)18(22)11-15/h4-7,10-11,20,25H,3,8-9,12-13H2,1-2H3/t20-/m1/s1. The maximum atomic E-state index is 13.5. The number of carbonyl (C=O) groups excluding carboxylic acids is 1. The van der Waals surface area contributed by atoms with Gasteiger partial charge in [0.05, 0.1) is 11.1 Å². The van der Waals surface area contributed by atoms with Gasteiger partial charge in [0, 0.05) is 26.7 Å². The van der Waals surface area contributed by atoms with E-state index in [2.05, 4.69) is 5.32 Å². The van der Waals surface area contributed by atoms with E-state index in [-0.39, 0.29) is 22.9 Å². The van der Waals surface area contributed by atoms with Crippen LogP contribution in [-0.2, 0) is 6.54 Å². The van der Waals surface area contributed by atoms with Crippen LogP contribution in [0.2, 0.25) is 5.02 Å². The van der Waals surface area contributed by atoms with Crippen LogP contribution in [0.25, 0.3) is 0 Å². The molecule has 1 aliphatic rings. The quantitative estimate of drug-likeness (QED) is 0.812. The van der Waals surface area contributed by atoms with E-state index < -0.39 is 5.82 Å². The lowest BCUT2D eigenvalue weighted by Crippen LogP contribution is -2.44. The van der Waals surface area contributed by atoms with E-state index in [0.29, 0.717) is 19.6 Å². The van der Waals surface area contributed by atoms with Crippen LogP contribution in [0, 0.1) is 18.6 Å². The Morgan fingerprint density at radius 3 is 2.79 bits per heavy atom. The second-order valence-electron chi connectivity index (χ2n) is 7.15. The van der Waals surface area contributed by atoms with Crippen molar-refractivity contribution in [3.05, 3.63) is 69.7 Å². The fourth-order valence-corrected chi connectivity index (χ4v) is 3.80. The third-order valence-electron chi connectivity index (χ3n) is 5.03. The Morgan fingerprint density at radius 2 is 2.07 bits per heavy atom. The highest BCUT2D eigenvalue weighted by atomic mass is 35.5. The molecule has 1 fully saturated rings. The first-order valence-corrected chi connectivity index (χ1v) is 9.67.